The van der Waals surface area contributed by atoms with Crippen molar-refractivity contribution in [1.29, 1.82) is 0 Å². The molecule has 1 aromatic heterocycles. The molecule has 1 aliphatic carbocycles. The molecule has 2 heterocycles. The van der Waals surface area contributed by atoms with Crippen LogP contribution in [0.2, 0.25) is 10.0 Å². The molecule has 1 atom stereocenters. The van der Waals surface area contributed by atoms with Crippen molar-refractivity contribution >= 4 is 29.0 Å². The average Bonchev–Trinajstić information content (AvgIpc) is 3.03. The van der Waals surface area contributed by atoms with Gasteiger partial charge in [-0.2, -0.15) is 5.10 Å². The molecule has 0 bridgehead atoms. The molecule has 30 heavy (non-hydrogen) atoms. The van der Waals surface area contributed by atoms with E-state index in [1.165, 1.54) is 0 Å². The molecule has 152 valence electrons. The summed E-state index contributed by atoms with van der Waals surface area (Å²) in [7, 11) is 0. The monoisotopic (exact) mass is 438 g/mol. The summed E-state index contributed by atoms with van der Waals surface area (Å²) in [6, 6.07) is 15.6. The number of allylic oxidation sites excluding steroid dienone is 2. The Morgan fingerprint density at radius 3 is 2.70 bits per heavy atom. The van der Waals surface area contributed by atoms with Crippen LogP contribution in [0.25, 0.3) is 0 Å². The summed E-state index contributed by atoms with van der Waals surface area (Å²) in [4.78, 5) is 13.0. The number of ether oxygens (including phenoxy) is 1. The number of halogens is 2. The van der Waals surface area contributed by atoms with E-state index in [-0.39, 0.29) is 11.7 Å². The number of rotatable bonds is 3. The molecule has 0 radical (unpaired) electrons. The van der Waals surface area contributed by atoms with Crippen LogP contribution in [-0.2, 0) is 11.3 Å². The number of nitrogens with zero attached hydrogens (tertiary/aromatic N) is 2. The maximum atomic E-state index is 13.0. The van der Waals surface area contributed by atoms with Gasteiger partial charge in [0.1, 0.15) is 5.76 Å². The zero-order valence-electron chi connectivity index (χ0n) is 16.5. The summed E-state index contributed by atoms with van der Waals surface area (Å²) in [5.74, 6) is 1.25. The minimum atomic E-state index is -0.300. The molecule has 6 heteroatoms. The van der Waals surface area contributed by atoms with Gasteiger partial charge in [-0.25, -0.2) is 4.68 Å². The predicted octanol–water partition coefficient (Wildman–Crippen LogP) is 6.08. The number of aryl methyl sites for hydroxylation is 1. The molecule has 1 aliphatic heterocycles. The fourth-order valence-electron chi connectivity index (χ4n) is 4.45. The average molecular weight is 439 g/mol. The molecule has 0 N–H and O–H groups in total. The van der Waals surface area contributed by atoms with Gasteiger partial charge in [-0.15, -0.1) is 0 Å². The van der Waals surface area contributed by atoms with E-state index in [1.54, 1.807) is 6.07 Å². The smallest absolute Gasteiger partial charge is 0.222 e. The second-order valence-corrected chi connectivity index (χ2v) is 8.61. The lowest BCUT2D eigenvalue weighted by Gasteiger charge is -2.32. The van der Waals surface area contributed by atoms with Gasteiger partial charge in [0, 0.05) is 39.9 Å². The SMILES string of the molecule is Cc1nn(Cc2ccccc2)c2c1[C@H](c1ccc(Cl)cc1Cl)C1=C(CCCC1=O)O2. The minimum absolute atomic E-state index is 0.119. The molecule has 0 unspecified atom stereocenters. The van der Waals surface area contributed by atoms with E-state index in [1.807, 2.05) is 41.9 Å². The van der Waals surface area contributed by atoms with Crippen molar-refractivity contribution < 1.29 is 9.53 Å². The highest BCUT2D eigenvalue weighted by Gasteiger charge is 2.40. The third kappa shape index (κ3) is 3.24. The molecule has 4 nitrogen and oxygen atoms in total. The van der Waals surface area contributed by atoms with Crippen LogP contribution in [0.5, 0.6) is 5.88 Å². The molecule has 0 fully saturated rings. The van der Waals surface area contributed by atoms with Crippen LogP contribution in [0.1, 0.15) is 47.6 Å². The third-order valence-corrected chi connectivity index (χ3v) is 6.34. The first-order valence-electron chi connectivity index (χ1n) is 10.0. The number of hydrogen-bond donors (Lipinski definition) is 0. The lowest BCUT2D eigenvalue weighted by Crippen LogP contribution is -2.26. The zero-order chi connectivity index (χ0) is 20.8. The Balaban J connectivity index is 1.69. The van der Waals surface area contributed by atoms with Gasteiger partial charge in [0.2, 0.25) is 5.88 Å². The second-order valence-electron chi connectivity index (χ2n) is 7.76. The maximum absolute atomic E-state index is 13.0. The van der Waals surface area contributed by atoms with Crippen molar-refractivity contribution in [3.05, 3.63) is 92.3 Å². The van der Waals surface area contributed by atoms with E-state index < -0.39 is 0 Å². The van der Waals surface area contributed by atoms with Crippen molar-refractivity contribution in [2.75, 3.05) is 0 Å². The Hall–Kier alpha value is -2.56. The van der Waals surface area contributed by atoms with Gasteiger partial charge in [-0.05, 0) is 36.6 Å². The van der Waals surface area contributed by atoms with E-state index in [4.69, 9.17) is 33.0 Å². The molecule has 0 saturated carbocycles. The van der Waals surface area contributed by atoms with Crippen LogP contribution in [0.4, 0.5) is 0 Å². The Morgan fingerprint density at radius 1 is 1.13 bits per heavy atom. The van der Waals surface area contributed by atoms with E-state index >= 15 is 0 Å². The number of hydrogen-bond acceptors (Lipinski definition) is 3. The quantitative estimate of drug-likeness (QED) is 0.497. The molecule has 0 saturated heterocycles. The number of fused-ring (bicyclic) bond motifs is 1. The van der Waals surface area contributed by atoms with Gasteiger partial charge in [-0.3, -0.25) is 4.79 Å². The molecule has 5 rings (SSSR count). The lowest BCUT2D eigenvalue weighted by atomic mass is 9.77. The van der Waals surface area contributed by atoms with Gasteiger partial charge in [-0.1, -0.05) is 59.6 Å². The summed E-state index contributed by atoms with van der Waals surface area (Å²) in [5.41, 5.74) is 4.44. The van der Waals surface area contributed by atoms with Crippen LogP contribution in [0.3, 0.4) is 0 Å². The number of aromatic nitrogens is 2. The Kier molecular flexibility index (Phi) is 4.92. The van der Waals surface area contributed by atoms with Crippen LogP contribution >= 0.6 is 23.2 Å². The van der Waals surface area contributed by atoms with Crippen LogP contribution < -0.4 is 4.74 Å². The predicted molar refractivity (Wildman–Crippen MR) is 117 cm³/mol. The Labute approximate surface area is 185 Å². The third-order valence-electron chi connectivity index (χ3n) is 5.78. The molecule has 0 spiro atoms. The number of ketones is 1. The van der Waals surface area contributed by atoms with E-state index in [2.05, 4.69) is 12.1 Å². The van der Waals surface area contributed by atoms with Crippen LogP contribution in [0, 0.1) is 6.92 Å². The maximum Gasteiger partial charge on any atom is 0.222 e. The minimum Gasteiger partial charge on any atom is -0.443 e. The fourth-order valence-corrected chi connectivity index (χ4v) is 4.97. The van der Waals surface area contributed by atoms with Crippen molar-refractivity contribution in [1.82, 2.24) is 9.78 Å². The highest BCUT2D eigenvalue weighted by atomic mass is 35.5. The van der Waals surface area contributed by atoms with Gasteiger partial charge < -0.3 is 4.74 Å². The summed E-state index contributed by atoms with van der Waals surface area (Å²) in [6.45, 7) is 2.55. The molecular formula is C24H20Cl2N2O2. The highest BCUT2D eigenvalue weighted by molar-refractivity contribution is 6.35. The normalized spacial score (nSPS) is 18.1. The first-order valence-corrected chi connectivity index (χ1v) is 10.8. The van der Waals surface area contributed by atoms with Gasteiger partial charge >= 0.3 is 0 Å². The van der Waals surface area contributed by atoms with E-state index in [9.17, 15) is 4.79 Å². The summed E-state index contributed by atoms with van der Waals surface area (Å²) < 4.78 is 8.22. The first kappa shape index (κ1) is 19.4. The summed E-state index contributed by atoms with van der Waals surface area (Å²) in [6.07, 6.45) is 2.05. The van der Waals surface area contributed by atoms with Crippen LogP contribution in [-0.4, -0.2) is 15.6 Å². The second kappa shape index (κ2) is 7.60. The van der Waals surface area contributed by atoms with Crippen molar-refractivity contribution in [3.63, 3.8) is 0 Å². The van der Waals surface area contributed by atoms with Crippen LogP contribution in [0.15, 0.2) is 59.9 Å². The van der Waals surface area contributed by atoms with E-state index in [0.717, 1.165) is 41.0 Å². The van der Waals surface area contributed by atoms with Crippen molar-refractivity contribution in [3.8, 4) is 5.88 Å². The Morgan fingerprint density at radius 2 is 1.93 bits per heavy atom. The number of Topliss-reactive ketones (excluding diaryl/α,β-unsaturated/α-hetero) is 1. The Bertz CT molecular complexity index is 1180. The summed E-state index contributed by atoms with van der Waals surface area (Å²) >= 11 is 12.8. The number of carbonyl (C=O) groups excluding carboxylic acids is 1. The lowest BCUT2D eigenvalue weighted by molar-refractivity contribution is -0.116. The molecular weight excluding hydrogens is 419 g/mol. The molecule has 2 aromatic carbocycles. The molecule has 0 amide bonds. The van der Waals surface area contributed by atoms with Gasteiger partial charge in [0.15, 0.2) is 5.78 Å². The largest absolute Gasteiger partial charge is 0.443 e. The zero-order valence-corrected chi connectivity index (χ0v) is 18.0. The van der Waals surface area contributed by atoms with Gasteiger partial charge in [0.05, 0.1) is 12.2 Å². The summed E-state index contributed by atoms with van der Waals surface area (Å²) in [5, 5.41) is 5.89. The highest BCUT2D eigenvalue weighted by Crippen LogP contribution is 2.49. The number of benzene rings is 2. The number of carbonyl (C=O) groups is 1. The van der Waals surface area contributed by atoms with Gasteiger partial charge in [0.25, 0.3) is 0 Å². The molecule has 3 aromatic rings. The van der Waals surface area contributed by atoms with Crippen molar-refractivity contribution in [2.45, 2.75) is 38.6 Å². The van der Waals surface area contributed by atoms with Crippen molar-refractivity contribution in [2.24, 2.45) is 0 Å². The van der Waals surface area contributed by atoms with E-state index in [0.29, 0.717) is 34.5 Å². The topological polar surface area (TPSA) is 44.1 Å². The molecule has 2 aliphatic rings. The fraction of sp³-hybridized carbons (Fsp3) is 0.250. The first-order chi connectivity index (χ1) is 14.5. The standard InChI is InChI=1S/C24H20Cl2N2O2/c1-14-21-22(17-11-10-16(25)12-18(17)26)23-19(29)8-5-9-20(23)30-24(21)28(27-14)13-15-6-3-2-4-7-15/h2-4,6-7,10-12,22H,5,8-9,13H2,1H3/t22-/m0/s1.